The van der Waals surface area contributed by atoms with E-state index in [1.54, 1.807) is 12.2 Å². The van der Waals surface area contributed by atoms with Crippen molar-refractivity contribution in [3.63, 3.8) is 0 Å². The van der Waals surface area contributed by atoms with Crippen molar-refractivity contribution in [3.8, 4) is 0 Å². The number of hydrogen-bond donors (Lipinski definition) is 0. The molecule has 0 N–H and O–H groups in total. The number of allylic oxidation sites excluding steroid dienone is 3. The summed E-state index contributed by atoms with van der Waals surface area (Å²) in [5.41, 5.74) is 0.117. The molecule has 0 saturated carbocycles. The van der Waals surface area contributed by atoms with Crippen molar-refractivity contribution < 1.29 is 28.6 Å². The summed E-state index contributed by atoms with van der Waals surface area (Å²) in [6.45, 7) is 7.34. The molecule has 0 aliphatic heterocycles. The summed E-state index contributed by atoms with van der Waals surface area (Å²) in [7, 11) is 2.48. The van der Waals surface area contributed by atoms with Gasteiger partial charge >= 0.3 is 17.9 Å². The van der Waals surface area contributed by atoms with Crippen LogP contribution in [0.1, 0.15) is 26.7 Å². The topological polar surface area (TPSA) is 78.9 Å². The minimum atomic E-state index is -1.56. The van der Waals surface area contributed by atoms with Crippen molar-refractivity contribution in [3.05, 3.63) is 36.0 Å². The van der Waals surface area contributed by atoms with Gasteiger partial charge in [0.15, 0.2) is 5.41 Å². The Morgan fingerprint density at radius 2 is 1.80 bits per heavy atom. The zero-order valence-corrected chi connectivity index (χ0v) is 15.0. The molecule has 0 heterocycles. The third kappa shape index (κ3) is 3.13. The van der Waals surface area contributed by atoms with Crippen molar-refractivity contribution in [2.24, 2.45) is 17.3 Å². The number of fused-ring (bicyclic) bond motifs is 1. The molecule has 25 heavy (non-hydrogen) atoms. The maximum absolute atomic E-state index is 12.6. The van der Waals surface area contributed by atoms with Gasteiger partial charge in [-0.2, -0.15) is 0 Å². The van der Waals surface area contributed by atoms with Crippen molar-refractivity contribution in [1.82, 2.24) is 0 Å². The number of hydrogen-bond acceptors (Lipinski definition) is 6. The molecule has 2 aliphatic rings. The van der Waals surface area contributed by atoms with Crippen LogP contribution >= 0.6 is 0 Å². The van der Waals surface area contributed by atoms with Crippen LogP contribution in [0.4, 0.5) is 0 Å². The van der Waals surface area contributed by atoms with Gasteiger partial charge in [0.05, 0.1) is 14.2 Å². The lowest BCUT2D eigenvalue weighted by atomic mass is 9.69. The predicted molar refractivity (Wildman–Crippen MR) is 90.3 cm³/mol. The molecular weight excluding hydrogens is 324 g/mol. The molecule has 0 unspecified atom stereocenters. The van der Waals surface area contributed by atoms with Crippen LogP contribution in [-0.2, 0) is 28.6 Å². The summed E-state index contributed by atoms with van der Waals surface area (Å²) in [5.74, 6) is -2.41. The molecule has 2 aliphatic carbocycles. The van der Waals surface area contributed by atoms with Gasteiger partial charge in [-0.1, -0.05) is 31.2 Å². The molecule has 0 spiro atoms. The van der Waals surface area contributed by atoms with Crippen LogP contribution < -0.4 is 0 Å². The predicted octanol–water partition coefficient (Wildman–Crippen LogP) is 2.35. The number of rotatable bonds is 5. The third-order valence-electron chi connectivity index (χ3n) is 4.98. The zero-order chi connectivity index (χ0) is 18.8. The maximum atomic E-state index is 12.6. The van der Waals surface area contributed by atoms with Crippen molar-refractivity contribution in [2.75, 3.05) is 14.2 Å². The normalized spacial score (nSPS) is 26.2. The molecule has 0 fully saturated rings. The van der Waals surface area contributed by atoms with E-state index >= 15 is 0 Å². The van der Waals surface area contributed by atoms with E-state index in [0.717, 1.165) is 11.1 Å². The van der Waals surface area contributed by atoms with Crippen molar-refractivity contribution in [1.29, 1.82) is 0 Å². The standard InChI is InChI=1S/C19H24O6/c1-6-11(2)15-10-19(17(21)23-4,18(22)24-5)16-9-13(25-12(3)20)7-8-14(15)16/h7-8,10,13-14,16H,2,6,9H2,1,3-5H3/t13-,14+,16+/m0/s1. The maximum Gasteiger partial charge on any atom is 0.327 e. The number of carbonyl (C=O) groups is 3. The molecule has 0 aromatic rings. The van der Waals surface area contributed by atoms with Crippen LogP contribution in [0, 0.1) is 17.3 Å². The first-order chi connectivity index (χ1) is 11.8. The fourth-order valence-corrected chi connectivity index (χ4v) is 3.78. The molecule has 0 bridgehead atoms. The minimum Gasteiger partial charge on any atom is -0.468 e. The van der Waals surface area contributed by atoms with Gasteiger partial charge in [-0.05, 0) is 24.5 Å². The van der Waals surface area contributed by atoms with Gasteiger partial charge < -0.3 is 14.2 Å². The molecular formula is C19H24O6. The van der Waals surface area contributed by atoms with Gasteiger partial charge in [0.1, 0.15) is 6.10 Å². The number of methoxy groups -OCH3 is 2. The van der Waals surface area contributed by atoms with Gasteiger partial charge in [0, 0.05) is 18.8 Å². The molecule has 6 nitrogen and oxygen atoms in total. The van der Waals surface area contributed by atoms with E-state index < -0.39 is 35.3 Å². The number of esters is 3. The lowest BCUT2D eigenvalue weighted by Gasteiger charge is -2.36. The van der Waals surface area contributed by atoms with E-state index in [1.165, 1.54) is 21.1 Å². The first-order valence-corrected chi connectivity index (χ1v) is 8.25. The average Bonchev–Trinajstić information content (AvgIpc) is 2.94. The Morgan fingerprint density at radius 1 is 1.20 bits per heavy atom. The highest BCUT2D eigenvalue weighted by molar-refractivity contribution is 6.04. The Balaban J connectivity index is 2.56. The molecule has 0 amide bonds. The first-order valence-electron chi connectivity index (χ1n) is 8.25. The molecule has 0 aromatic heterocycles. The van der Waals surface area contributed by atoms with Crippen molar-refractivity contribution in [2.45, 2.75) is 32.8 Å². The van der Waals surface area contributed by atoms with E-state index in [4.69, 9.17) is 14.2 Å². The van der Waals surface area contributed by atoms with E-state index in [1.807, 2.05) is 13.0 Å². The monoisotopic (exact) mass is 348 g/mol. The van der Waals surface area contributed by atoms with E-state index in [-0.39, 0.29) is 5.92 Å². The Bertz CT molecular complexity index is 641. The van der Waals surface area contributed by atoms with Gasteiger partial charge in [0.25, 0.3) is 0 Å². The fraction of sp³-hybridized carbons (Fsp3) is 0.526. The molecule has 136 valence electrons. The van der Waals surface area contributed by atoms with E-state index in [0.29, 0.717) is 12.8 Å². The highest BCUT2D eigenvalue weighted by atomic mass is 16.5. The summed E-state index contributed by atoms with van der Waals surface area (Å²) < 4.78 is 15.1. The lowest BCUT2D eigenvalue weighted by Crippen LogP contribution is -2.47. The Kier molecular flexibility index (Phi) is 5.50. The first kappa shape index (κ1) is 19.0. The van der Waals surface area contributed by atoms with Crippen LogP contribution in [0.25, 0.3) is 0 Å². The molecule has 2 rings (SSSR count). The SMILES string of the molecule is C=C(CC)C1=CC(C(=O)OC)(C(=O)OC)[C@@H]2C[C@@H](OC(C)=O)C=C[C@H]12. The summed E-state index contributed by atoms with van der Waals surface area (Å²) in [6.07, 6.45) is 5.81. The lowest BCUT2D eigenvalue weighted by molar-refractivity contribution is -0.170. The summed E-state index contributed by atoms with van der Waals surface area (Å²) in [4.78, 5) is 36.6. The molecule has 0 saturated heterocycles. The van der Waals surface area contributed by atoms with Gasteiger partial charge in [-0.15, -0.1) is 0 Å². The summed E-state index contributed by atoms with van der Waals surface area (Å²) in [5, 5.41) is 0. The second-order valence-corrected chi connectivity index (χ2v) is 6.31. The molecule has 6 heteroatoms. The third-order valence-corrected chi connectivity index (χ3v) is 4.98. The minimum absolute atomic E-state index is 0.183. The largest absolute Gasteiger partial charge is 0.468 e. The molecule has 0 radical (unpaired) electrons. The average molecular weight is 348 g/mol. The Labute approximate surface area is 147 Å². The van der Waals surface area contributed by atoms with Gasteiger partial charge in [-0.25, -0.2) is 0 Å². The smallest absolute Gasteiger partial charge is 0.327 e. The Hall–Kier alpha value is -2.37. The molecule has 3 atom stereocenters. The highest BCUT2D eigenvalue weighted by Gasteiger charge is 2.60. The summed E-state index contributed by atoms with van der Waals surface area (Å²) in [6, 6.07) is 0. The molecule has 0 aromatic carbocycles. The van der Waals surface area contributed by atoms with E-state index in [9.17, 15) is 14.4 Å². The highest BCUT2D eigenvalue weighted by Crippen LogP contribution is 2.53. The number of ether oxygens (including phenoxy) is 3. The van der Waals surface area contributed by atoms with Gasteiger partial charge in [-0.3, -0.25) is 14.4 Å². The van der Waals surface area contributed by atoms with Crippen LogP contribution in [0.15, 0.2) is 36.0 Å². The quantitative estimate of drug-likeness (QED) is 0.328. The second-order valence-electron chi connectivity index (χ2n) is 6.31. The zero-order valence-electron chi connectivity index (χ0n) is 15.0. The van der Waals surface area contributed by atoms with Gasteiger partial charge in [0.2, 0.25) is 0 Å². The number of carbonyl (C=O) groups excluding carboxylic acids is 3. The van der Waals surface area contributed by atoms with Crippen LogP contribution in [0.2, 0.25) is 0 Å². The fourth-order valence-electron chi connectivity index (χ4n) is 3.78. The summed E-state index contributed by atoms with van der Waals surface area (Å²) >= 11 is 0. The van der Waals surface area contributed by atoms with E-state index in [2.05, 4.69) is 6.58 Å². The Morgan fingerprint density at radius 3 is 2.28 bits per heavy atom. The van der Waals surface area contributed by atoms with Crippen LogP contribution in [0.5, 0.6) is 0 Å². The van der Waals surface area contributed by atoms with Crippen LogP contribution in [-0.4, -0.2) is 38.2 Å². The second kappa shape index (κ2) is 7.25. The van der Waals surface area contributed by atoms with Crippen LogP contribution in [0.3, 0.4) is 0 Å². The van der Waals surface area contributed by atoms with Crippen molar-refractivity contribution >= 4 is 17.9 Å².